The number of hydrogen-bond donors (Lipinski definition) is 3. The molecule has 0 radical (unpaired) electrons. The van der Waals surface area contributed by atoms with E-state index in [0.29, 0.717) is 10.8 Å². The van der Waals surface area contributed by atoms with E-state index in [0.717, 1.165) is 30.4 Å². The largest absolute Gasteiger partial charge is 0.484 e. The van der Waals surface area contributed by atoms with Gasteiger partial charge in [-0.25, -0.2) is 0 Å². The van der Waals surface area contributed by atoms with Crippen LogP contribution in [0.5, 0.6) is 5.75 Å². The van der Waals surface area contributed by atoms with Gasteiger partial charge in [-0.3, -0.25) is 25.2 Å². The molecule has 27 heavy (non-hydrogen) atoms. The summed E-state index contributed by atoms with van der Waals surface area (Å²) in [6, 6.07) is 3.46. The van der Waals surface area contributed by atoms with Crippen molar-refractivity contribution in [3.63, 3.8) is 0 Å². The Morgan fingerprint density at radius 1 is 1.11 bits per heavy atom. The first kappa shape index (κ1) is 19.5. The van der Waals surface area contributed by atoms with E-state index in [4.69, 9.17) is 16.3 Å². The number of halogens is 1. The van der Waals surface area contributed by atoms with E-state index in [-0.39, 0.29) is 18.4 Å². The van der Waals surface area contributed by atoms with Crippen LogP contribution in [0.4, 0.5) is 0 Å². The molecule has 1 aromatic rings. The summed E-state index contributed by atoms with van der Waals surface area (Å²) in [5, 5.41) is 10.1. The lowest BCUT2D eigenvalue weighted by atomic mass is 9.79. The van der Waals surface area contributed by atoms with Crippen molar-refractivity contribution in [2.24, 2.45) is 23.7 Å². The number of carbonyl (C=O) groups is 3. The predicted molar refractivity (Wildman–Crippen MR) is 98.2 cm³/mol. The third-order valence-electron chi connectivity index (χ3n) is 5.61. The number of rotatable bonds is 5. The number of ether oxygens (including phenoxy) is 1. The molecular weight excluding hydrogens is 372 g/mol. The summed E-state index contributed by atoms with van der Waals surface area (Å²) < 4.78 is 5.43. The molecule has 0 unspecified atom stereocenters. The Bertz CT molecular complexity index is 758. The van der Waals surface area contributed by atoms with Gasteiger partial charge < -0.3 is 9.84 Å². The lowest BCUT2D eigenvalue weighted by molar-refractivity contribution is -0.150. The first-order chi connectivity index (χ1) is 12.8. The average Bonchev–Trinajstić information content (AvgIpc) is 3.23. The van der Waals surface area contributed by atoms with E-state index < -0.39 is 29.6 Å². The molecule has 4 atom stereocenters. The van der Waals surface area contributed by atoms with Crippen molar-refractivity contribution >= 4 is 29.4 Å². The number of carboxylic acid groups (broad SMARTS) is 1. The number of nitrogens with one attached hydrogen (secondary N) is 2. The van der Waals surface area contributed by atoms with E-state index in [1.165, 1.54) is 0 Å². The Hall–Kier alpha value is -2.28. The lowest BCUT2D eigenvalue weighted by Gasteiger charge is -2.26. The quantitative estimate of drug-likeness (QED) is 0.664. The molecule has 0 heterocycles. The van der Waals surface area contributed by atoms with Crippen LogP contribution in [0, 0.1) is 37.5 Å². The second kappa shape index (κ2) is 7.76. The van der Waals surface area contributed by atoms with Crippen LogP contribution < -0.4 is 15.6 Å². The first-order valence-electron chi connectivity index (χ1n) is 8.99. The molecule has 3 rings (SSSR count). The number of benzene rings is 1. The standard InChI is InChI=1S/C19H23ClN2O5/c1-9-5-13(6-10(2)17(9)20)27-8-14(23)21-22-18(24)15-11-3-4-12(7-11)16(15)19(25)26/h5-6,11-12,15-16H,3-4,7-8H2,1-2H3,(H,21,23)(H,22,24)(H,25,26)/t11-,12-,15-,16+/m0/s1. The smallest absolute Gasteiger partial charge is 0.307 e. The molecule has 2 fully saturated rings. The fourth-order valence-corrected chi connectivity index (χ4v) is 4.52. The maximum Gasteiger partial charge on any atom is 0.307 e. The molecule has 0 aliphatic heterocycles. The van der Waals surface area contributed by atoms with Gasteiger partial charge in [0.1, 0.15) is 5.75 Å². The van der Waals surface area contributed by atoms with Gasteiger partial charge in [-0.1, -0.05) is 11.6 Å². The Kier molecular flexibility index (Phi) is 5.60. The van der Waals surface area contributed by atoms with E-state index in [1.807, 2.05) is 13.8 Å². The number of fused-ring (bicyclic) bond motifs is 2. The molecule has 0 aromatic heterocycles. The van der Waals surface area contributed by atoms with E-state index in [9.17, 15) is 19.5 Å². The molecule has 2 amide bonds. The maximum atomic E-state index is 12.4. The highest BCUT2D eigenvalue weighted by Crippen LogP contribution is 2.52. The Labute approximate surface area is 162 Å². The summed E-state index contributed by atoms with van der Waals surface area (Å²) in [7, 11) is 0. The number of amides is 2. The molecule has 2 aliphatic rings. The van der Waals surface area contributed by atoms with Crippen LogP contribution in [0.15, 0.2) is 12.1 Å². The van der Waals surface area contributed by atoms with Crippen molar-refractivity contribution in [2.45, 2.75) is 33.1 Å². The van der Waals surface area contributed by atoms with Crippen LogP contribution in [0.3, 0.4) is 0 Å². The van der Waals surface area contributed by atoms with Crippen molar-refractivity contribution in [2.75, 3.05) is 6.61 Å². The normalized spacial score (nSPS) is 25.9. The molecule has 7 nitrogen and oxygen atoms in total. The highest BCUT2D eigenvalue weighted by Gasteiger charge is 2.54. The zero-order valence-corrected chi connectivity index (χ0v) is 16.0. The summed E-state index contributed by atoms with van der Waals surface area (Å²) in [6.07, 6.45) is 2.48. The topological polar surface area (TPSA) is 105 Å². The first-order valence-corrected chi connectivity index (χ1v) is 9.36. The second-order valence-electron chi connectivity index (χ2n) is 7.42. The van der Waals surface area contributed by atoms with Crippen LogP contribution in [0.25, 0.3) is 0 Å². The van der Waals surface area contributed by atoms with Gasteiger partial charge in [0.05, 0.1) is 11.8 Å². The number of aliphatic carboxylic acids is 1. The molecule has 8 heteroatoms. The number of aryl methyl sites for hydroxylation is 2. The highest BCUT2D eigenvalue weighted by atomic mass is 35.5. The minimum atomic E-state index is -0.939. The van der Waals surface area contributed by atoms with Crippen molar-refractivity contribution in [3.05, 3.63) is 28.3 Å². The van der Waals surface area contributed by atoms with Crippen LogP contribution in [0.2, 0.25) is 5.02 Å². The lowest BCUT2D eigenvalue weighted by Crippen LogP contribution is -2.49. The molecule has 2 saturated carbocycles. The van der Waals surface area contributed by atoms with Crippen LogP contribution in [-0.4, -0.2) is 29.5 Å². The molecule has 146 valence electrons. The van der Waals surface area contributed by atoms with Crippen molar-refractivity contribution < 1.29 is 24.2 Å². The van der Waals surface area contributed by atoms with Crippen LogP contribution in [-0.2, 0) is 14.4 Å². The zero-order chi connectivity index (χ0) is 19.7. The van der Waals surface area contributed by atoms with Gasteiger partial charge in [0, 0.05) is 5.02 Å². The average molecular weight is 395 g/mol. The SMILES string of the molecule is Cc1cc(OCC(=O)NNC(=O)[C@H]2[C@H]3CC[C@@H](C3)[C@H]2C(=O)O)cc(C)c1Cl. The van der Waals surface area contributed by atoms with E-state index in [2.05, 4.69) is 10.9 Å². The molecule has 2 bridgehead atoms. The van der Waals surface area contributed by atoms with Gasteiger partial charge in [-0.05, 0) is 68.2 Å². The van der Waals surface area contributed by atoms with Crippen LogP contribution >= 0.6 is 11.6 Å². The summed E-state index contributed by atoms with van der Waals surface area (Å²) in [5.41, 5.74) is 6.35. The third-order valence-corrected chi connectivity index (χ3v) is 6.21. The van der Waals surface area contributed by atoms with Gasteiger partial charge >= 0.3 is 5.97 Å². The van der Waals surface area contributed by atoms with Gasteiger partial charge in [-0.2, -0.15) is 0 Å². The van der Waals surface area contributed by atoms with Gasteiger partial charge in [0.15, 0.2) is 6.61 Å². The minimum absolute atomic E-state index is 0.0543. The molecule has 0 spiro atoms. The number of carboxylic acids is 1. The predicted octanol–water partition coefficient (Wildman–Crippen LogP) is 2.23. The monoisotopic (exact) mass is 394 g/mol. The molecular formula is C19H23ClN2O5. The zero-order valence-electron chi connectivity index (χ0n) is 15.3. The van der Waals surface area contributed by atoms with E-state index >= 15 is 0 Å². The third kappa shape index (κ3) is 4.03. The summed E-state index contributed by atoms with van der Waals surface area (Å²) >= 11 is 6.10. The van der Waals surface area contributed by atoms with Gasteiger partial charge in [0.25, 0.3) is 5.91 Å². The minimum Gasteiger partial charge on any atom is -0.484 e. The summed E-state index contributed by atoms with van der Waals surface area (Å²) in [6.45, 7) is 3.41. The Morgan fingerprint density at radius 3 is 2.30 bits per heavy atom. The van der Waals surface area contributed by atoms with Gasteiger partial charge in [0.2, 0.25) is 5.91 Å². The van der Waals surface area contributed by atoms with Crippen LogP contribution in [0.1, 0.15) is 30.4 Å². The van der Waals surface area contributed by atoms with E-state index in [1.54, 1.807) is 12.1 Å². The van der Waals surface area contributed by atoms with Crippen molar-refractivity contribution in [1.29, 1.82) is 0 Å². The van der Waals surface area contributed by atoms with Crippen molar-refractivity contribution in [1.82, 2.24) is 10.9 Å². The summed E-state index contributed by atoms with van der Waals surface area (Å²) in [5.74, 6) is -2.53. The second-order valence-corrected chi connectivity index (χ2v) is 7.80. The maximum absolute atomic E-state index is 12.4. The fourth-order valence-electron chi connectivity index (χ4n) is 4.41. The summed E-state index contributed by atoms with van der Waals surface area (Å²) in [4.78, 5) is 35.9. The van der Waals surface area contributed by atoms with Crippen molar-refractivity contribution in [3.8, 4) is 5.75 Å². The highest BCUT2D eigenvalue weighted by molar-refractivity contribution is 6.32. The van der Waals surface area contributed by atoms with Gasteiger partial charge in [-0.15, -0.1) is 0 Å². The molecule has 0 saturated heterocycles. The Morgan fingerprint density at radius 2 is 1.70 bits per heavy atom. The number of hydrazine groups is 1. The Balaban J connectivity index is 1.50. The number of carbonyl (C=O) groups excluding carboxylic acids is 2. The molecule has 1 aromatic carbocycles. The molecule has 2 aliphatic carbocycles. The fraction of sp³-hybridized carbons (Fsp3) is 0.526. The number of hydrogen-bond acceptors (Lipinski definition) is 4. The molecule has 3 N–H and O–H groups in total.